The molecule has 8 nitrogen and oxygen atoms in total. The fourth-order valence-corrected chi connectivity index (χ4v) is 2.79. The van der Waals surface area contributed by atoms with Crippen molar-refractivity contribution in [1.82, 2.24) is 5.32 Å². The molecule has 27 heavy (non-hydrogen) atoms. The number of hydrogen-bond acceptors (Lipinski definition) is 6. The highest BCUT2D eigenvalue weighted by atomic mass is 16.5. The second-order valence-corrected chi connectivity index (χ2v) is 6.14. The predicted octanol–water partition coefficient (Wildman–Crippen LogP) is 0.956. The molecule has 2 amide bonds. The topological polar surface area (TPSA) is 114 Å². The van der Waals surface area contributed by atoms with Crippen LogP contribution in [0.2, 0.25) is 0 Å². The number of benzene rings is 1. The molecule has 1 saturated heterocycles. The minimum absolute atomic E-state index is 0.0201. The summed E-state index contributed by atoms with van der Waals surface area (Å²) in [7, 11) is 0. The van der Waals surface area contributed by atoms with Gasteiger partial charge in [-0.25, -0.2) is 0 Å². The number of nitrogens with two attached hydrogens (primary N) is 1. The highest BCUT2D eigenvalue weighted by Gasteiger charge is 2.38. The summed E-state index contributed by atoms with van der Waals surface area (Å²) in [5.41, 5.74) is 1.60. The lowest BCUT2D eigenvalue weighted by Crippen LogP contribution is -2.54. The normalized spacial score (nSPS) is 17.3. The van der Waals surface area contributed by atoms with Crippen molar-refractivity contribution >= 4 is 29.7 Å². The summed E-state index contributed by atoms with van der Waals surface area (Å²) >= 11 is 0. The number of nitrogens with zero attached hydrogens (tertiary/aromatic N) is 2. The number of β-lactam (4-membered cyclic amide) rings is 1. The summed E-state index contributed by atoms with van der Waals surface area (Å²) in [5.74, 6) is 3.93. The van der Waals surface area contributed by atoms with Gasteiger partial charge in [0.15, 0.2) is 0 Å². The third-order valence-corrected chi connectivity index (χ3v) is 4.20. The fourth-order valence-electron chi connectivity index (χ4n) is 2.79. The Morgan fingerprint density at radius 3 is 2.70 bits per heavy atom. The van der Waals surface area contributed by atoms with Crippen LogP contribution in [0, 0.1) is 5.92 Å². The molecule has 0 spiro atoms. The van der Waals surface area contributed by atoms with Crippen molar-refractivity contribution < 1.29 is 19.1 Å². The fraction of sp³-hybridized carbons (Fsp3) is 0.368. The number of anilines is 1. The molecule has 0 aromatic heterocycles. The van der Waals surface area contributed by atoms with E-state index in [0.717, 1.165) is 11.3 Å². The smallest absolute Gasteiger partial charge is 0.308 e. The molecule has 0 aliphatic carbocycles. The lowest BCUT2D eigenvalue weighted by atomic mass is 9.93. The molecule has 144 valence electrons. The Kier molecular flexibility index (Phi) is 7.10. The van der Waals surface area contributed by atoms with E-state index in [1.165, 1.54) is 12.3 Å². The van der Waals surface area contributed by atoms with E-state index in [1.54, 1.807) is 24.0 Å². The highest BCUT2D eigenvalue weighted by Crippen LogP contribution is 2.28. The van der Waals surface area contributed by atoms with Gasteiger partial charge in [0.2, 0.25) is 11.8 Å². The van der Waals surface area contributed by atoms with Crippen LogP contribution in [0.15, 0.2) is 42.0 Å². The Hall–Kier alpha value is -3.16. The third kappa shape index (κ3) is 5.40. The number of hydrazone groups is 1. The Labute approximate surface area is 158 Å². The van der Waals surface area contributed by atoms with Gasteiger partial charge in [0.05, 0.1) is 31.2 Å². The van der Waals surface area contributed by atoms with Gasteiger partial charge < -0.3 is 20.8 Å². The van der Waals surface area contributed by atoms with Gasteiger partial charge in [0.1, 0.15) is 0 Å². The number of rotatable bonds is 9. The average molecular weight is 372 g/mol. The van der Waals surface area contributed by atoms with Crippen LogP contribution in [0.1, 0.15) is 25.3 Å². The van der Waals surface area contributed by atoms with Crippen LogP contribution in [-0.2, 0) is 19.1 Å². The van der Waals surface area contributed by atoms with Crippen molar-refractivity contribution in [1.29, 1.82) is 0 Å². The first-order chi connectivity index (χ1) is 13.0. The lowest BCUT2D eigenvalue weighted by molar-refractivity contribution is -0.143. The molecule has 1 aliphatic heterocycles. The molecular weight excluding hydrogens is 348 g/mol. The van der Waals surface area contributed by atoms with Crippen LogP contribution in [0.5, 0.6) is 0 Å². The number of carbonyl (C=O) groups excluding carboxylic acids is 3. The van der Waals surface area contributed by atoms with E-state index in [4.69, 9.17) is 10.6 Å². The Balaban J connectivity index is 1.83. The maximum absolute atomic E-state index is 12.3. The van der Waals surface area contributed by atoms with E-state index in [9.17, 15) is 14.4 Å². The number of amides is 2. The summed E-state index contributed by atoms with van der Waals surface area (Å²) in [4.78, 5) is 37.6. The maximum Gasteiger partial charge on any atom is 0.308 e. The van der Waals surface area contributed by atoms with E-state index in [2.05, 4.69) is 17.0 Å². The van der Waals surface area contributed by atoms with Gasteiger partial charge in [0, 0.05) is 18.7 Å². The van der Waals surface area contributed by atoms with Crippen molar-refractivity contribution in [2.45, 2.75) is 25.8 Å². The first-order valence-electron chi connectivity index (χ1n) is 8.70. The summed E-state index contributed by atoms with van der Waals surface area (Å²) in [5, 5.41) is 6.14. The summed E-state index contributed by atoms with van der Waals surface area (Å²) in [6.07, 6.45) is 3.09. The molecule has 1 aromatic carbocycles. The second-order valence-electron chi connectivity index (χ2n) is 6.14. The van der Waals surface area contributed by atoms with Gasteiger partial charge in [-0.2, -0.15) is 5.10 Å². The molecule has 0 radical (unpaired) electrons. The number of esters is 1. The zero-order chi connectivity index (χ0) is 19.8. The zero-order valence-corrected chi connectivity index (χ0v) is 15.3. The van der Waals surface area contributed by atoms with E-state index in [-0.39, 0.29) is 37.2 Å². The van der Waals surface area contributed by atoms with Crippen molar-refractivity contribution in [2.75, 3.05) is 18.1 Å². The van der Waals surface area contributed by atoms with Crippen molar-refractivity contribution in [2.24, 2.45) is 16.9 Å². The first-order valence-corrected chi connectivity index (χ1v) is 8.70. The summed E-state index contributed by atoms with van der Waals surface area (Å²) < 4.78 is 4.86. The lowest BCUT2D eigenvalue weighted by Gasteiger charge is -2.38. The van der Waals surface area contributed by atoms with E-state index < -0.39 is 12.0 Å². The van der Waals surface area contributed by atoms with Gasteiger partial charge in [-0.05, 0) is 24.6 Å². The molecule has 2 atom stereocenters. The van der Waals surface area contributed by atoms with E-state index in [0.29, 0.717) is 6.54 Å². The monoisotopic (exact) mass is 372 g/mol. The largest absolute Gasteiger partial charge is 0.466 e. The molecule has 1 fully saturated rings. The standard InChI is InChI=1S/C19H24N4O4/c1-3-15(10-18(25)27-4-2)22-17(24)9-14-12-23(19(14)26)16-7-5-13(6-8-16)11-21-20/h3,5-8,11,14-15H,1,4,9-10,12,20H2,2H3,(H,22,24). The third-order valence-electron chi connectivity index (χ3n) is 4.20. The van der Waals surface area contributed by atoms with Gasteiger partial charge in [-0.15, -0.1) is 6.58 Å². The van der Waals surface area contributed by atoms with Crippen LogP contribution >= 0.6 is 0 Å². The number of hydrogen-bond donors (Lipinski definition) is 2. The molecule has 0 bridgehead atoms. The number of ether oxygens (including phenoxy) is 1. The number of nitrogens with one attached hydrogen (secondary N) is 1. The van der Waals surface area contributed by atoms with Crippen LogP contribution in [0.3, 0.4) is 0 Å². The molecule has 1 aliphatic rings. The molecule has 8 heteroatoms. The Bertz CT molecular complexity index is 730. The minimum Gasteiger partial charge on any atom is -0.466 e. The molecule has 0 saturated carbocycles. The Morgan fingerprint density at radius 2 is 2.15 bits per heavy atom. The predicted molar refractivity (Wildman–Crippen MR) is 102 cm³/mol. The average Bonchev–Trinajstić information content (AvgIpc) is 2.65. The van der Waals surface area contributed by atoms with Gasteiger partial charge in [-0.3, -0.25) is 14.4 Å². The van der Waals surface area contributed by atoms with Gasteiger partial charge >= 0.3 is 5.97 Å². The quantitative estimate of drug-likeness (QED) is 0.167. The van der Waals surface area contributed by atoms with Crippen LogP contribution in [-0.4, -0.2) is 43.2 Å². The molecule has 1 heterocycles. The number of carbonyl (C=O) groups is 3. The summed E-state index contributed by atoms with van der Waals surface area (Å²) in [6.45, 7) is 6.07. The second kappa shape index (κ2) is 9.51. The highest BCUT2D eigenvalue weighted by molar-refractivity contribution is 6.03. The van der Waals surface area contributed by atoms with Crippen LogP contribution in [0.25, 0.3) is 0 Å². The minimum atomic E-state index is -0.514. The van der Waals surface area contributed by atoms with Crippen LogP contribution in [0.4, 0.5) is 5.69 Å². The molecule has 2 unspecified atom stereocenters. The SMILES string of the molecule is C=CC(CC(=O)OCC)NC(=O)CC1CN(c2ccc(C=NN)cc2)C1=O. The van der Waals surface area contributed by atoms with Crippen LogP contribution < -0.4 is 16.1 Å². The van der Waals surface area contributed by atoms with Gasteiger partial charge in [0.25, 0.3) is 0 Å². The zero-order valence-electron chi connectivity index (χ0n) is 15.3. The van der Waals surface area contributed by atoms with Gasteiger partial charge in [-0.1, -0.05) is 18.2 Å². The molecular formula is C19H24N4O4. The molecule has 3 N–H and O–H groups in total. The van der Waals surface area contributed by atoms with Crippen molar-refractivity contribution in [3.05, 3.63) is 42.5 Å². The Morgan fingerprint density at radius 1 is 1.44 bits per heavy atom. The molecule has 2 rings (SSSR count). The summed E-state index contributed by atoms with van der Waals surface area (Å²) in [6, 6.07) is 6.71. The van der Waals surface area contributed by atoms with E-state index in [1.807, 2.05) is 12.1 Å². The van der Waals surface area contributed by atoms with Crippen molar-refractivity contribution in [3.8, 4) is 0 Å². The van der Waals surface area contributed by atoms with E-state index >= 15 is 0 Å². The first kappa shape index (κ1) is 20.2. The maximum atomic E-state index is 12.3. The molecule has 1 aromatic rings. The van der Waals surface area contributed by atoms with Crippen molar-refractivity contribution in [3.63, 3.8) is 0 Å².